The van der Waals surface area contributed by atoms with Crippen LogP contribution in [0.15, 0.2) is 46.0 Å². The molecule has 1 aliphatic carbocycles. The molecule has 11 nitrogen and oxygen atoms in total. The normalized spacial score (nSPS) is 24.4. The standard InChI is InChI=1S/C27H34N4O7S2/c1-29-12-14-30(15-13-29)27(35)38-21-10-4-18(5-11-21)17-22(26(33)34)28-25(32)24-19-6-8-20(9-7-19)31(24)40(36,37)23-3-2-16-39-23/h2-5,10-11,16,19-20,22,24H,6-9,12-15,17H2,1H3,(H,28,32)(H,33,34). The fourth-order valence-corrected chi connectivity index (χ4v) is 8.83. The number of fused-ring (bicyclic) bond motifs is 3. The average molecular weight is 591 g/mol. The first-order chi connectivity index (χ1) is 19.1. The van der Waals surface area contributed by atoms with Crippen LogP contribution in [0.4, 0.5) is 4.79 Å². The lowest BCUT2D eigenvalue weighted by Crippen LogP contribution is -2.63. The topological polar surface area (TPSA) is 137 Å². The van der Waals surface area contributed by atoms with Crippen LogP contribution in [-0.2, 0) is 26.0 Å². The van der Waals surface area contributed by atoms with Crippen molar-refractivity contribution < 1.29 is 32.6 Å². The molecule has 4 fully saturated rings. The molecule has 13 heteroatoms. The maximum atomic E-state index is 13.5. The van der Waals surface area contributed by atoms with Gasteiger partial charge in [-0.15, -0.1) is 11.3 Å². The highest BCUT2D eigenvalue weighted by molar-refractivity contribution is 7.91. The van der Waals surface area contributed by atoms with Crippen LogP contribution in [0, 0.1) is 5.92 Å². The van der Waals surface area contributed by atoms with Crippen molar-refractivity contribution in [3.05, 3.63) is 47.3 Å². The molecule has 2 aromatic rings. The maximum absolute atomic E-state index is 13.5. The van der Waals surface area contributed by atoms with Crippen LogP contribution in [0.3, 0.4) is 0 Å². The first kappa shape index (κ1) is 28.5. The molecule has 3 saturated heterocycles. The molecule has 2 N–H and O–H groups in total. The molecule has 0 radical (unpaired) electrons. The van der Waals surface area contributed by atoms with Crippen molar-refractivity contribution in [3.8, 4) is 5.75 Å². The highest BCUT2D eigenvalue weighted by Crippen LogP contribution is 2.43. The Morgan fingerprint density at radius 1 is 1.05 bits per heavy atom. The smallest absolute Gasteiger partial charge is 0.415 e. The lowest BCUT2D eigenvalue weighted by molar-refractivity contribution is -0.143. The van der Waals surface area contributed by atoms with E-state index in [1.54, 1.807) is 40.6 Å². The van der Waals surface area contributed by atoms with Gasteiger partial charge in [0.2, 0.25) is 5.91 Å². The van der Waals surface area contributed by atoms with Crippen molar-refractivity contribution in [1.29, 1.82) is 0 Å². The Morgan fingerprint density at radius 3 is 2.33 bits per heavy atom. The van der Waals surface area contributed by atoms with E-state index in [9.17, 15) is 27.9 Å². The van der Waals surface area contributed by atoms with Crippen LogP contribution in [0.1, 0.15) is 31.2 Å². The van der Waals surface area contributed by atoms with E-state index in [4.69, 9.17) is 4.74 Å². The van der Waals surface area contributed by atoms with E-state index in [2.05, 4.69) is 10.2 Å². The first-order valence-corrected chi connectivity index (χ1v) is 15.8. The molecular formula is C27H34N4O7S2. The highest BCUT2D eigenvalue weighted by Gasteiger charge is 2.51. The van der Waals surface area contributed by atoms with Crippen molar-refractivity contribution >= 4 is 39.3 Å². The van der Waals surface area contributed by atoms with Gasteiger partial charge in [0.05, 0.1) is 0 Å². The number of aliphatic carboxylic acids is 1. The third kappa shape index (κ3) is 6.02. The van der Waals surface area contributed by atoms with Crippen molar-refractivity contribution in [1.82, 2.24) is 19.4 Å². The number of likely N-dealkylation sites (N-methyl/N-ethyl adjacent to an activating group) is 1. The number of carbonyl (C=O) groups is 3. The number of amides is 2. The number of carboxylic acid groups (broad SMARTS) is 1. The van der Waals surface area contributed by atoms with Gasteiger partial charge in [0, 0.05) is 38.6 Å². The number of hydrogen-bond donors (Lipinski definition) is 2. The number of nitrogens with one attached hydrogen (secondary N) is 1. The number of carboxylic acids is 1. The largest absolute Gasteiger partial charge is 0.480 e. The van der Waals surface area contributed by atoms with Crippen LogP contribution < -0.4 is 10.1 Å². The predicted octanol–water partition coefficient (Wildman–Crippen LogP) is 2.24. The number of sulfonamides is 1. The maximum Gasteiger partial charge on any atom is 0.415 e. The SMILES string of the molecule is CN1CCN(C(=O)Oc2ccc(CC(NC(=O)C3C4CCC(CC4)N3S(=O)(=O)c3cccs3)C(=O)O)cc2)CC1. The second-order valence-corrected chi connectivity index (χ2v) is 13.7. The van der Waals surface area contributed by atoms with Gasteiger partial charge in [-0.05, 0) is 67.8 Å². The minimum absolute atomic E-state index is 0.00769. The molecule has 2 bridgehead atoms. The molecule has 4 heterocycles. The van der Waals surface area contributed by atoms with Crippen molar-refractivity contribution in [2.75, 3.05) is 33.2 Å². The number of piperazine rings is 1. The molecule has 6 rings (SSSR count). The van der Waals surface area contributed by atoms with E-state index in [1.165, 1.54) is 10.4 Å². The lowest BCUT2D eigenvalue weighted by atomic mass is 9.76. The van der Waals surface area contributed by atoms with Crippen molar-refractivity contribution in [2.45, 2.75) is 54.4 Å². The molecular weight excluding hydrogens is 556 g/mol. The molecule has 0 spiro atoms. The molecule has 216 valence electrons. The number of benzene rings is 1. The van der Waals surface area contributed by atoms with Crippen LogP contribution in [0.5, 0.6) is 5.75 Å². The summed E-state index contributed by atoms with van der Waals surface area (Å²) in [7, 11) is -1.89. The second kappa shape index (κ2) is 11.9. The van der Waals surface area contributed by atoms with E-state index in [0.717, 1.165) is 37.3 Å². The first-order valence-electron chi connectivity index (χ1n) is 13.5. The highest BCUT2D eigenvalue weighted by atomic mass is 32.2. The monoisotopic (exact) mass is 590 g/mol. The molecule has 4 aliphatic rings. The van der Waals surface area contributed by atoms with E-state index in [-0.39, 0.29) is 22.6 Å². The zero-order valence-corrected chi connectivity index (χ0v) is 23.9. The Kier molecular flexibility index (Phi) is 8.45. The predicted molar refractivity (Wildman–Crippen MR) is 148 cm³/mol. The van der Waals surface area contributed by atoms with E-state index in [1.807, 2.05) is 7.05 Å². The Labute approximate surface area is 237 Å². The Hall–Kier alpha value is -3.00. The quantitative estimate of drug-likeness (QED) is 0.478. The van der Waals surface area contributed by atoms with Crippen molar-refractivity contribution in [3.63, 3.8) is 0 Å². The fourth-order valence-electron chi connectivity index (χ4n) is 5.84. The minimum atomic E-state index is -3.89. The van der Waals surface area contributed by atoms with Gasteiger partial charge in [0.15, 0.2) is 0 Å². The minimum Gasteiger partial charge on any atom is -0.480 e. The third-order valence-corrected chi connectivity index (χ3v) is 11.4. The molecule has 1 aromatic heterocycles. The summed E-state index contributed by atoms with van der Waals surface area (Å²) >= 11 is 1.11. The zero-order valence-electron chi connectivity index (χ0n) is 22.3. The van der Waals surface area contributed by atoms with Gasteiger partial charge >= 0.3 is 12.1 Å². The van der Waals surface area contributed by atoms with Gasteiger partial charge in [-0.1, -0.05) is 18.2 Å². The number of hydrogen-bond acceptors (Lipinski definition) is 8. The van der Waals surface area contributed by atoms with Gasteiger partial charge in [-0.3, -0.25) is 4.79 Å². The Morgan fingerprint density at radius 2 is 1.73 bits per heavy atom. The Bertz CT molecular complexity index is 1320. The number of rotatable bonds is 8. The molecule has 2 atom stereocenters. The molecule has 2 unspecified atom stereocenters. The van der Waals surface area contributed by atoms with Crippen LogP contribution >= 0.6 is 11.3 Å². The van der Waals surface area contributed by atoms with Crippen LogP contribution in [0.25, 0.3) is 0 Å². The van der Waals surface area contributed by atoms with Gasteiger partial charge in [0.25, 0.3) is 10.0 Å². The number of thiophene rings is 1. The summed E-state index contributed by atoms with van der Waals surface area (Å²) in [5.74, 6) is -1.62. The number of nitrogens with zero attached hydrogens (tertiary/aromatic N) is 3. The second-order valence-electron chi connectivity index (χ2n) is 10.7. The van der Waals surface area contributed by atoms with Gasteiger partial charge in [-0.2, -0.15) is 4.31 Å². The summed E-state index contributed by atoms with van der Waals surface area (Å²) in [6.45, 7) is 2.72. The van der Waals surface area contributed by atoms with Crippen LogP contribution in [0.2, 0.25) is 0 Å². The Balaban J connectivity index is 1.25. The summed E-state index contributed by atoms with van der Waals surface area (Å²) in [5, 5.41) is 14.2. The zero-order chi connectivity index (χ0) is 28.4. The molecule has 40 heavy (non-hydrogen) atoms. The van der Waals surface area contributed by atoms with Gasteiger partial charge in [-0.25, -0.2) is 18.0 Å². The molecule has 2 amide bonds. The molecule has 3 aliphatic heterocycles. The molecule has 1 aromatic carbocycles. The van der Waals surface area contributed by atoms with Gasteiger partial charge < -0.3 is 25.0 Å². The van der Waals surface area contributed by atoms with Crippen LogP contribution in [-0.4, -0.2) is 97.0 Å². The summed E-state index contributed by atoms with van der Waals surface area (Å²) in [4.78, 5) is 41.9. The molecule has 1 saturated carbocycles. The summed E-state index contributed by atoms with van der Waals surface area (Å²) < 4.78 is 33.9. The summed E-state index contributed by atoms with van der Waals surface area (Å²) in [5.41, 5.74) is 0.625. The number of piperidine rings is 2. The lowest BCUT2D eigenvalue weighted by Gasteiger charge is -2.49. The number of carbonyl (C=O) groups excluding carboxylic acids is 2. The summed E-state index contributed by atoms with van der Waals surface area (Å²) in [6.07, 6.45) is 2.39. The fraction of sp³-hybridized carbons (Fsp3) is 0.519. The number of ether oxygens (including phenoxy) is 1. The van der Waals surface area contributed by atoms with Gasteiger partial charge in [0.1, 0.15) is 22.0 Å². The average Bonchev–Trinajstić information content (AvgIpc) is 3.50. The third-order valence-electron chi connectivity index (χ3n) is 8.06. The van der Waals surface area contributed by atoms with Crippen molar-refractivity contribution in [2.24, 2.45) is 5.92 Å². The van der Waals surface area contributed by atoms with E-state index < -0.39 is 40.1 Å². The van der Waals surface area contributed by atoms with E-state index in [0.29, 0.717) is 37.2 Å². The van der Waals surface area contributed by atoms with E-state index >= 15 is 0 Å². The summed E-state index contributed by atoms with van der Waals surface area (Å²) in [6, 6.07) is 7.22.